The fourth-order valence-corrected chi connectivity index (χ4v) is 3.86. The number of carbonyl (C=O) groups excluding carboxylic acids is 2. The van der Waals surface area contributed by atoms with Crippen LogP contribution in [0.1, 0.15) is 29.7 Å². The van der Waals surface area contributed by atoms with Crippen molar-refractivity contribution in [1.29, 1.82) is 5.26 Å². The molecule has 0 aliphatic carbocycles. The van der Waals surface area contributed by atoms with E-state index >= 15 is 0 Å². The van der Waals surface area contributed by atoms with Crippen LogP contribution >= 0.6 is 0 Å². The molecule has 4 rings (SSSR count). The molecule has 1 amide bonds. The minimum absolute atomic E-state index is 0.0451. The maximum absolute atomic E-state index is 13.2. The maximum atomic E-state index is 13.2. The number of aliphatic hydroxyl groups excluding tert-OH is 1. The number of aromatic hydroxyl groups is 1. The number of benzene rings is 3. The van der Waals surface area contributed by atoms with E-state index in [0.717, 1.165) is 0 Å². The maximum Gasteiger partial charge on any atom is 0.300 e. The van der Waals surface area contributed by atoms with E-state index in [1.54, 1.807) is 60.7 Å². The fourth-order valence-electron chi connectivity index (χ4n) is 3.86. The van der Waals surface area contributed by atoms with Gasteiger partial charge in [-0.05, 0) is 61.0 Å². The predicted octanol–water partition coefficient (Wildman–Crippen LogP) is 4.29. The number of carbonyl (C=O) groups is 2. The lowest BCUT2D eigenvalue weighted by Crippen LogP contribution is -2.29. The highest BCUT2D eigenvalue weighted by Crippen LogP contribution is 2.43. The topological polar surface area (TPSA) is 111 Å². The van der Waals surface area contributed by atoms with Crippen molar-refractivity contribution in [2.24, 2.45) is 0 Å². The fraction of sp³-hybridized carbons (Fsp3) is 0.115. The first-order valence-corrected chi connectivity index (χ1v) is 10.3. The van der Waals surface area contributed by atoms with Crippen LogP contribution in [0, 0.1) is 11.3 Å². The van der Waals surface area contributed by atoms with Crippen LogP contribution in [-0.4, -0.2) is 28.5 Å². The lowest BCUT2D eigenvalue weighted by Gasteiger charge is -2.25. The van der Waals surface area contributed by atoms with Gasteiger partial charge in [-0.1, -0.05) is 24.3 Å². The molecule has 1 heterocycles. The Morgan fingerprint density at radius 2 is 1.79 bits per heavy atom. The Kier molecular flexibility index (Phi) is 5.83. The van der Waals surface area contributed by atoms with Crippen LogP contribution in [0.2, 0.25) is 0 Å². The van der Waals surface area contributed by atoms with Gasteiger partial charge in [-0.25, -0.2) is 0 Å². The summed E-state index contributed by atoms with van der Waals surface area (Å²) in [4.78, 5) is 27.5. The van der Waals surface area contributed by atoms with Crippen molar-refractivity contribution in [2.45, 2.75) is 13.0 Å². The monoisotopic (exact) mass is 440 g/mol. The average molecular weight is 440 g/mol. The van der Waals surface area contributed by atoms with Crippen LogP contribution in [0.15, 0.2) is 78.4 Å². The summed E-state index contributed by atoms with van der Waals surface area (Å²) < 4.78 is 5.49. The molecule has 33 heavy (non-hydrogen) atoms. The first kappa shape index (κ1) is 21.7. The van der Waals surface area contributed by atoms with E-state index in [4.69, 9.17) is 10.00 Å². The second kappa shape index (κ2) is 8.89. The summed E-state index contributed by atoms with van der Waals surface area (Å²) in [6, 6.07) is 20.0. The summed E-state index contributed by atoms with van der Waals surface area (Å²) in [7, 11) is 0. The van der Waals surface area contributed by atoms with Gasteiger partial charge in [0.25, 0.3) is 11.7 Å². The SMILES string of the molecule is CCOc1cccc(/C(O)=C2/C(=O)C(=O)N(c3ccc(C#N)cc3)C2c2cccc(O)c2)c1. The van der Waals surface area contributed by atoms with E-state index in [0.29, 0.717) is 34.7 Å². The minimum Gasteiger partial charge on any atom is -0.508 e. The van der Waals surface area contributed by atoms with E-state index in [-0.39, 0.29) is 17.1 Å². The summed E-state index contributed by atoms with van der Waals surface area (Å²) in [5.74, 6) is -1.56. The number of amides is 1. The lowest BCUT2D eigenvalue weighted by atomic mass is 9.95. The van der Waals surface area contributed by atoms with Crippen molar-refractivity contribution in [2.75, 3.05) is 11.5 Å². The highest BCUT2D eigenvalue weighted by atomic mass is 16.5. The first-order valence-electron chi connectivity index (χ1n) is 10.3. The Labute approximate surface area is 190 Å². The molecule has 0 aromatic heterocycles. The summed E-state index contributed by atoms with van der Waals surface area (Å²) in [6.45, 7) is 2.26. The summed E-state index contributed by atoms with van der Waals surface area (Å²) >= 11 is 0. The van der Waals surface area contributed by atoms with Gasteiger partial charge >= 0.3 is 0 Å². The van der Waals surface area contributed by atoms with Gasteiger partial charge in [0.1, 0.15) is 17.3 Å². The van der Waals surface area contributed by atoms with Gasteiger partial charge in [-0.2, -0.15) is 5.26 Å². The van der Waals surface area contributed by atoms with Gasteiger partial charge in [0.2, 0.25) is 0 Å². The quantitative estimate of drug-likeness (QED) is 0.348. The van der Waals surface area contributed by atoms with Gasteiger partial charge < -0.3 is 14.9 Å². The number of hydrogen-bond acceptors (Lipinski definition) is 6. The molecule has 0 spiro atoms. The molecular weight excluding hydrogens is 420 g/mol. The normalized spacial score (nSPS) is 17.1. The van der Waals surface area contributed by atoms with Gasteiger partial charge in [0.15, 0.2) is 0 Å². The number of ketones is 1. The molecule has 1 unspecified atom stereocenters. The first-order chi connectivity index (χ1) is 15.9. The summed E-state index contributed by atoms with van der Waals surface area (Å²) in [6.07, 6.45) is 0. The molecule has 1 fully saturated rings. The van der Waals surface area contributed by atoms with Crippen LogP contribution in [0.25, 0.3) is 5.76 Å². The third-order valence-corrected chi connectivity index (χ3v) is 5.32. The van der Waals surface area contributed by atoms with Crippen molar-refractivity contribution in [3.63, 3.8) is 0 Å². The van der Waals surface area contributed by atoms with Crippen LogP contribution < -0.4 is 9.64 Å². The van der Waals surface area contributed by atoms with Gasteiger partial charge in [-0.15, -0.1) is 0 Å². The number of Topliss-reactive ketones (excluding diaryl/α,β-unsaturated/α-hetero) is 1. The minimum atomic E-state index is -0.985. The largest absolute Gasteiger partial charge is 0.508 e. The number of phenolic OH excluding ortho intramolecular Hbond substituents is 1. The van der Waals surface area contributed by atoms with E-state index < -0.39 is 17.7 Å². The van der Waals surface area contributed by atoms with Gasteiger partial charge in [-0.3, -0.25) is 14.5 Å². The molecule has 0 radical (unpaired) electrons. The Hall–Kier alpha value is -4.57. The number of nitriles is 1. The number of nitrogens with zero attached hydrogens (tertiary/aromatic N) is 2. The van der Waals surface area contributed by atoms with Crippen LogP contribution in [0.3, 0.4) is 0 Å². The molecule has 7 heteroatoms. The second-order valence-corrected chi connectivity index (χ2v) is 7.38. The summed E-state index contributed by atoms with van der Waals surface area (Å²) in [5, 5.41) is 30.3. The molecule has 1 aliphatic heterocycles. The Morgan fingerprint density at radius 3 is 2.45 bits per heavy atom. The molecule has 2 N–H and O–H groups in total. The molecular formula is C26H20N2O5. The number of aliphatic hydroxyl groups is 1. The van der Waals surface area contributed by atoms with Gasteiger partial charge in [0.05, 0.1) is 29.9 Å². The Balaban J connectivity index is 1.92. The molecule has 0 saturated carbocycles. The highest BCUT2D eigenvalue weighted by molar-refractivity contribution is 6.51. The van der Waals surface area contributed by atoms with E-state index in [1.165, 1.54) is 17.0 Å². The molecule has 3 aromatic carbocycles. The van der Waals surface area contributed by atoms with Gasteiger partial charge in [0, 0.05) is 11.3 Å². The second-order valence-electron chi connectivity index (χ2n) is 7.38. The van der Waals surface area contributed by atoms with E-state index in [9.17, 15) is 19.8 Å². The molecule has 7 nitrogen and oxygen atoms in total. The number of phenols is 1. The molecule has 1 atom stereocenters. The standard InChI is InChI=1S/C26H20N2O5/c1-2-33-21-8-4-6-18(14-21)24(30)22-23(17-5-3-7-20(29)13-17)28(26(32)25(22)31)19-11-9-16(15-27)10-12-19/h3-14,23,29-30H,2H2,1H3/b24-22-. The third kappa shape index (κ3) is 4.02. The predicted molar refractivity (Wildman–Crippen MR) is 122 cm³/mol. The van der Waals surface area contributed by atoms with Crippen molar-refractivity contribution >= 4 is 23.1 Å². The van der Waals surface area contributed by atoms with Crippen LogP contribution in [0.4, 0.5) is 5.69 Å². The smallest absolute Gasteiger partial charge is 0.300 e. The zero-order valence-electron chi connectivity index (χ0n) is 17.7. The van der Waals surface area contributed by atoms with Crippen molar-refractivity contribution in [3.05, 3.63) is 95.1 Å². The molecule has 1 saturated heterocycles. The van der Waals surface area contributed by atoms with Crippen molar-refractivity contribution in [1.82, 2.24) is 0 Å². The van der Waals surface area contributed by atoms with E-state index in [1.807, 2.05) is 13.0 Å². The summed E-state index contributed by atoms with van der Waals surface area (Å²) in [5.41, 5.74) is 1.44. The third-order valence-electron chi connectivity index (χ3n) is 5.32. The van der Waals surface area contributed by atoms with Crippen molar-refractivity contribution < 1.29 is 24.5 Å². The molecule has 3 aromatic rings. The Bertz CT molecular complexity index is 1300. The zero-order valence-corrected chi connectivity index (χ0v) is 17.7. The molecule has 164 valence electrons. The lowest BCUT2D eigenvalue weighted by molar-refractivity contribution is -0.132. The number of anilines is 1. The highest BCUT2D eigenvalue weighted by Gasteiger charge is 2.47. The van der Waals surface area contributed by atoms with Crippen molar-refractivity contribution in [3.8, 4) is 17.6 Å². The number of rotatable bonds is 5. The molecule has 1 aliphatic rings. The van der Waals surface area contributed by atoms with Crippen LogP contribution in [-0.2, 0) is 9.59 Å². The molecule has 0 bridgehead atoms. The average Bonchev–Trinajstić information content (AvgIpc) is 3.09. The van der Waals surface area contributed by atoms with E-state index in [2.05, 4.69) is 0 Å². The van der Waals surface area contributed by atoms with Crippen LogP contribution in [0.5, 0.6) is 11.5 Å². The number of ether oxygens (including phenoxy) is 1. The number of hydrogen-bond donors (Lipinski definition) is 2. The zero-order chi connectivity index (χ0) is 23.5. The Morgan fingerprint density at radius 1 is 1.06 bits per heavy atom.